The highest BCUT2D eigenvalue weighted by Gasteiger charge is 2.32. The Morgan fingerprint density at radius 2 is 1.49 bits per heavy atom. The van der Waals surface area contributed by atoms with Crippen molar-refractivity contribution < 1.29 is 38.1 Å². The van der Waals surface area contributed by atoms with Gasteiger partial charge in [-0.15, -0.1) is 0 Å². The summed E-state index contributed by atoms with van der Waals surface area (Å²) in [6.07, 6.45) is 10.1. The van der Waals surface area contributed by atoms with Crippen molar-refractivity contribution in [2.45, 2.75) is 103 Å². The minimum Gasteiger partial charge on any atom is -0.460 e. The second kappa shape index (κ2) is 26.8. The average molecular weight is 988 g/mol. The first-order valence-electron chi connectivity index (χ1n) is 26.1. The highest BCUT2D eigenvalue weighted by atomic mass is 16.6. The predicted octanol–water partition coefficient (Wildman–Crippen LogP) is 7.93. The molecule has 3 heterocycles. The van der Waals surface area contributed by atoms with Crippen LogP contribution < -0.4 is 15.5 Å². The average Bonchev–Trinajstić information content (AvgIpc) is 3.86. The van der Waals surface area contributed by atoms with Gasteiger partial charge in [0.15, 0.2) is 0 Å². The van der Waals surface area contributed by atoms with E-state index >= 15 is 0 Å². The van der Waals surface area contributed by atoms with Crippen LogP contribution in [0.15, 0.2) is 85.1 Å². The SMILES string of the molecule is CN(CCN1CCC[C@H]1C(=O)N(C)CCOCCOCCOCCC(=O)OC(C)(C)C)Cc1cccc(C(=O)Nc2ccc(N3CCCCC3)cc2-c2cc(C(=O)NC3CCCc4ccccc43)ccn2)c1. The molecule has 1 unspecified atom stereocenters. The number of likely N-dealkylation sites (tertiary alicyclic amines) is 1. The number of benzene rings is 3. The van der Waals surface area contributed by atoms with Crippen LogP contribution in [0.25, 0.3) is 11.3 Å². The smallest absolute Gasteiger partial charge is 0.308 e. The highest BCUT2D eigenvalue weighted by Crippen LogP contribution is 2.34. The van der Waals surface area contributed by atoms with Crippen molar-refractivity contribution in [3.05, 3.63) is 113 Å². The molecule has 388 valence electrons. The Morgan fingerprint density at radius 1 is 0.736 bits per heavy atom. The Hall–Kier alpha value is -5.71. The molecule has 0 radical (unpaired) electrons. The summed E-state index contributed by atoms with van der Waals surface area (Å²) in [4.78, 5) is 66.6. The number of rotatable bonds is 24. The first-order chi connectivity index (χ1) is 34.8. The third kappa shape index (κ3) is 16.1. The minimum atomic E-state index is -0.503. The second-order valence-electron chi connectivity index (χ2n) is 20.3. The van der Waals surface area contributed by atoms with Gasteiger partial charge in [-0.25, -0.2) is 0 Å². The minimum absolute atomic E-state index is 0.0478. The second-order valence-corrected chi connectivity index (χ2v) is 20.3. The highest BCUT2D eigenvalue weighted by molar-refractivity contribution is 6.06. The van der Waals surface area contributed by atoms with Crippen LogP contribution in [0.3, 0.4) is 0 Å². The van der Waals surface area contributed by atoms with Crippen molar-refractivity contribution in [1.82, 2.24) is 25.0 Å². The number of carbonyl (C=O) groups is 4. The fraction of sp³-hybridized carbons (Fsp3) is 0.526. The standard InChI is InChI=1S/C57H77N7O8/c1-57(2,3)72-53(65)24-32-69-34-36-71-37-35-70-33-31-62(5)56(68)52-20-13-28-64(52)30-29-61(4)41-42-14-11-17-44(38-42)54(66)60-50-22-21-46(63-26-9-6-10-27-63)40-48(50)51-39-45(23-25-58-51)55(67)59-49-19-12-16-43-15-7-8-18-47(43)49/h7-8,11,14-15,17-18,21-23,25,38-40,49,52H,6,9-10,12-13,16,19-20,24,26-37,41H2,1-5H3,(H,59,67)(H,60,66)/t49?,52-/m0/s1. The molecular weight excluding hydrogens is 911 g/mol. The monoisotopic (exact) mass is 988 g/mol. The number of piperidine rings is 1. The van der Waals surface area contributed by atoms with Crippen LogP contribution in [-0.2, 0) is 41.5 Å². The van der Waals surface area contributed by atoms with Crippen molar-refractivity contribution in [3.63, 3.8) is 0 Å². The number of ether oxygens (including phenoxy) is 4. The van der Waals surface area contributed by atoms with E-state index in [1.807, 2.05) is 70.3 Å². The van der Waals surface area contributed by atoms with E-state index in [1.165, 1.54) is 17.5 Å². The van der Waals surface area contributed by atoms with Crippen LogP contribution in [0.5, 0.6) is 0 Å². The summed E-state index contributed by atoms with van der Waals surface area (Å²) in [7, 11) is 3.90. The Bertz CT molecular complexity index is 2420. The topological polar surface area (TPSA) is 155 Å². The van der Waals surface area contributed by atoms with Gasteiger partial charge in [0.2, 0.25) is 5.91 Å². The molecule has 2 N–H and O–H groups in total. The van der Waals surface area contributed by atoms with Crippen molar-refractivity contribution in [2.75, 3.05) is 103 Å². The fourth-order valence-corrected chi connectivity index (χ4v) is 9.79. The van der Waals surface area contributed by atoms with E-state index in [-0.39, 0.29) is 48.8 Å². The molecular formula is C57H77N7O8. The van der Waals surface area contributed by atoms with E-state index in [0.717, 1.165) is 94.5 Å². The Morgan fingerprint density at radius 3 is 2.28 bits per heavy atom. The van der Waals surface area contributed by atoms with Gasteiger partial charge in [0.25, 0.3) is 11.8 Å². The predicted molar refractivity (Wildman–Crippen MR) is 281 cm³/mol. The van der Waals surface area contributed by atoms with Gasteiger partial charge in [0, 0.05) is 74.9 Å². The van der Waals surface area contributed by atoms with E-state index in [9.17, 15) is 19.2 Å². The first-order valence-corrected chi connectivity index (χ1v) is 26.1. The first kappa shape index (κ1) is 54.1. The number of hydrogen-bond donors (Lipinski definition) is 2. The van der Waals surface area contributed by atoms with Gasteiger partial charge in [-0.1, -0.05) is 36.4 Å². The maximum Gasteiger partial charge on any atom is 0.308 e. The largest absolute Gasteiger partial charge is 0.460 e. The number of anilines is 2. The Labute approximate surface area is 426 Å². The lowest BCUT2D eigenvalue weighted by molar-refractivity contribution is -0.156. The van der Waals surface area contributed by atoms with Gasteiger partial charge in [0.05, 0.1) is 69.5 Å². The summed E-state index contributed by atoms with van der Waals surface area (Å²) in [5.41, 5.74) is 7.11. The summed E-state index contributed by atoms with van der Waals surface area (Å²) in [6, 6.07) is 25.6. The summed E-state index contributed by atoms with van der Waals surface area (Å²) in [6.45, 7) is 13.3. The third-order valence-corrected chi connectivity index (χ3v) is 13.6. The number of nitrogens with one attached hydrogen (secondary N) is 2. The normalized spacial score (nSPS) is 17.1. The maximum atomic E-state index is 14.1. The number of likely N-dealkylation sites (N-methyl/N-ethyl adjacent to an activating group) is 2. The van der Waals surface area contributed by atoms with E-state index < -0.39 is 5.60 Å². The molecule has 3 aromatic carbocycles. The van der Waals surface area contributed by atoms with E-state index in [4.69, 9.17) is 23.9 Å². The number of aryl methyl sites for hydroxylation is 1. The van der Waals surface area contributed by atoms with Gasteiger partial charge >= 0.3 is 5.97 Å². The maximum absolute atomic E-state index is 14.1. The number of amides is 3. The summed E-state index contributed by atoms with van der Waals surface area (Å²) in [5, 5.41) is 6.50. The van der Waals surface area contributed by atoms with Crippen molar-refractivity contribution in [2.24, 2.45) is 0 Å². The van der Waals surface area contributed by atoms with Gasteiger partial charge in [-0.3, -0.25) is 29.1 Å². The number of esters is 1. The van der Waals surface area contributed by atoms with Crippen LogP contribution in [0, 0.1) is 0 Å². The van der Waals surface area contributed by atoms with Crippen molar-refractivity contribution >= 4 is 35.1 Å². The molecule has 2 aliphatic heterocycles. The molecule has 3 amide bonds. The molecule has 3 aliphatic rings. The Kier molecular flexibility index (Phi) is 20.1. The molecule has 2 fully saturated rings. The van der Waals surface area contributed by atoms with Crippen LogP contribution in [0.1, 0.15) is 116 Å². The van der Waals surface area contributed by atoms with E-state index in [2.05, 4.69) is 62.7 Å². The van der Waals surface area contributed by atoms with Crippen LogP contribution in [0.2, 0.25) is 0 Å². The molecule has 1 aliphatic carbocycles. The number of aromatic nitrogens is 1. The lowest BCUT2D eigenvalue weighted by Gasteiger charge is -2.29. The van der Waals surface area contributed by atoms with Gasteiger partial charge in [-0.2, -0.15) is 0 Å². The van der Waals surface area contributed by atoms with Crippen LogP contribution in [0.4, 0.5) is 11.4 Å². The molecule has 2 atom stereocenters. The van der Waals surface area contributed by atoms with Crippen molar-refractivity contribution in [1.29, 1.82) is 0 Å². The quantitative estimate of drug-likeness (QED) is 0.0518. The fourth-order valence-electron chi connectivity index (χ4n) is 9.79. The molecule has 72 heavy (non-hydrogen) atoms. The zero-order chi connectivity index (χ0) is 50.9. The van der Waals surface area contributed by atoms with E-state index in [0.29, 0.717) is 68.6 Å². The van der Waals surface area contributed by atoms with Crippen LogP contribution >= 0.6 is 0 Å². The van der Waals surface area contributed by atoms with Crippen LogP contribution in [-0.4, -0.2) is 148 Å². The molecule has 2 saturated heterocycles. The number of nitrogens with zero attached hydrogens (tertiary/aromatic N) is 5. The molecule has 1 aromatic heterocycles. The number of fused-ring (bicyclic) bond motifs is 1. The lowest BCUT2D eigenvalue weighted by atomic mass is 9.87. The zero-order valence-electron chi connectivity index (χ0n) is 43.3. The van der Waals surface area contributed by atoms with E-state index in [1.54, 1.807) is 17.2 Å². The summed E-state index contributed by atoms with van der Waals surface area (Å²) >= 11 is 0. The third-order valence-electron chi connectivity index (χ3n) is 13.6. The van der Waals surface area contributed by atoms with Gasteiger partial charge in [0.1, 0.15) is 5.60 Å². The molecule has 0 spiro atoms. The lowest BCUT2D eigenvalue weighted by Crippen LogP contribution is -2.46. The van der Waals surface area contributed by atoms with Crippen molar-refractivity contribution in [3.8, 4) is 11.3 Å². The molecule has 7 rings (SSSR count). The number of hydrogen-bond acceptors (Lipinski definition) is 12. The summed E-state index contributed by atoms with van der Waals surface area (Å²) < 4.78 is 22.1. The molecule has 15 heteroatoms. The molecule has 0 saturated carbocycles. The summed E-state index contributed by atoms with van der Waals surface area (Å²) in [5.74, 6) is -0.547. The number of carbonyl (C=O) groups excluding carboxylic acids is 4. The molecule has 0 bridgehead atoms. The van der Waals surface area contributed by atoms with Gasteiger partial charge < -0.3 is 44.3 Å². The zero-order valence-corrected chi connectivity index (χ0v) is 43.3. The Balaban J connectivity index is 0.878. The molecule has 15 nitrogen and oxygen atoms in total. The van der Waals surface area contributed by atoms with Gasteiger partial charge in [-0.05, 0) is 145 Å². The molecule has 4 aromatic rings. The number of pyridine rings is 1.